The SMILES string of the molecule is COc1ccccc1N1CC(C(=O)NCc2ccccc2O)CC1=O. The van der Waals surface area contributed by atoms with Gasteiger partial charge >= 0.3 is 0 Å². The maximum absolute atomic E-state index is 12.4. The van der Waals surface area contributed by atoms with E-state index in [-0.39, 0.29) is 30.5 Å². The Bertz CT molecular complexity index is 790. The van der Waals surface area contributed by atoms with Gasteiger partial charge in [0.05, 0.1) is 18.7 Å². The first-order valence-corrected chi connectivity index (χ1v) is 8.08. The zero-order chi connectivity index (χ0) is 17.8. The predicted octanol–water partition coefficient (Wildman–Crippen LogP) is 2.07. The number of phenols is 1. The van der Waals surface area contributed by atoms with Crippen LogP contribution in [0.4, 0.5) is 5.69 Å². The Morgan fingerprint density at radius 3 is 2.72 bits per heavy atom. The van der Waals surface area contributed by atoms with Crippen molar-refractivity contribution in [1.82, 2.24) is 5.32 Å². The molecule has 2 aromatic rings. The second-order valence-electron chi connectivity index (χ2n) is 5.92. The Labute approximate surface area is 146 Å². The van der Waals surface area contributed by atoms with Crippen LogP contribution in [0, 0.1) is 5.92 Å². The Kier molecular flexibility index (Phi) is 4.88. The highest BCUT2D eigenvalue weighted by Crippen LogP contribution is 2.32. The normalized spacial score (nSPS) is 16.8. The summed E-state index contributed by atoms with van der Waals surface area (Å²) in [7, 11) is 1.55. The van der Waals surface area contributed by atoms with Crippen molar-refractivity contribution in [3.05, 3.63) is 54.1 Å². The third kappa shape index (κ3) is 3.57. The van der Waals surface area contributed by atoms with E-state index in [1.165, 1.54) is 0 Å². The first-order chi connectivity index (χ1) is 12.1. The summed E-state index contributed by atoms with van der Waals surface area (Å²) in [6.07, 6.45) is 0.157. The molecule has 2 aromatic carbocycles. The minimum atomic E-state index is -0.428. The zero-order valence-corrected chi connectivity index (χ0v) is 13.9. The summed E-state index contributed by atoms with van der Waals surface area (Å²) in [4.78, 5) is 26.3. The Morgan fingerprint density at radius 1 is 1.24 bits per heavy atom. The molecule has 1 aliphatic rings. The largest absolute Gasteiger partial charge is 0.508 e. The third-order valence-corrected chi connectivity index (χ3v) is 4.32. The van der Waals surface area contributed by atoms with Gasteiger partial charge in [0.25, 0.3) is 0 Å². The number of nitrogens with one attached hydrogen (secondary N) is 1. The predicted molar refractivity (Wildman–Crippen MR) is 93.4 cm³/mol. The van der Waals surface area contributed by atoms with E-state index < -0.39 is 5.92 Å². The molecular weight excluding hydrogens is 320 g/mol. The van der Waals surface area contributed by atoms with Crippen LogP contribution in [-0.4, -0.2) is 30.6 Å². The highest BCUT2D eigenvalue weighted by atomic mass is 16.5. The lowest BCUT2D eigenvalue weighted by atomic mass is 10.1. The van der Waals surface area contributed by atoms with Crippen molar-refractivity contribution in [2.45, 2.75) is 13.0 Å². The van der Waals surface area contributed by atoms with Gasteiger partial charge in [-0.1, -0.05) is 30.3 Å². The van der Waals surface area contributed by atoms with Gasteiger partial charge in [-0.2, -0.15) is 0 Å². The maximum Gasteiger partial charge on any atom is 0.227 e. The number of benzene rings is 2. The summed E-state index contributed by atoms with van der Waals surface area (Å²) in [5.41, 5.74) is 1.31. The van der Waals surface area contributed by atoms with Gasteiger partial charge in [0.15, 0.2) is 0 Å². The maximum atomic E-state index is 12.4. The molecule has 3 rings (SSSR count). The molecular formula is C19H20N2O4. The Balaban J connectivity index is 1.66. The minimum absolute atomic E-state index is 0.104. The van der Waals surface area contributed by atoms with Crippen molar-refractivity contribution in [3.63, 3.8) is 0 Å². The summed E-state index contributed by atoms with van der Waals surface area (Å²) in [6.45, 7) is 0.538. The van der Waals surface area contributed by atoms with E-state index in [1.54, 1.807) is 48.4 Å². The van der Waals surface area contributed by atoms with E-state index in [4.69, 9.17) is 4.74 Å². The minimum Gasteiger partial charge on any atom is -0.508 e. The van der Waals surface area contributed by atoms with Gasteiger partial charge in [0, 0.05) is 25.1 Å². The topological polar surface area (TPSA) is 78.9 Å². The van der Waals surface area contributed by atoms with Crippen LogP contribution in [0.25, 0.3) is 0 Å². The van der Waals surface area contributed by atoms with E-state index >= 15 is 0 Å². The van der Waals surface area contributed by atoms with Gasteiger partial charge in [-0.3, -0.25) is 9.59 Å². The first-order valence-electron chi connectivity index (χ1n) is 8.08. The summed E-state index contributed by atoms with van der Waals surface area (Å²) < 4.78 is 5.30. The molecule has 1 atom stereocenters. The highest BCUT2D eigenvalue weighted by molar-refractivity contribution is 6.01. The molecule has 1 heterocycles. The molecule has 0 bridgehead atoms. The monoisotopic (exact) mass is 340 g/mol. The molecule has 0 saturated carbocycles. The zero-order valence-electron chi connectivity index (χ0n) is 13.9. The molecule has 6 heteroatoms. The summed E-state index contributed by atoms with van der Waals surface area (Å²) in [6, 6.07) is 14.1. The average Bonchev–Trinajstić information content (AvgIpc) is 3.02. The molecule has 0 aliphatic carbocycles. The fraction of sp³-hybridized carbons (Fsp3) is 0.263. The van der Waals surface area contributed by atoms with Crippen LogP contribution < -0.4 is 15.0 Å². The first kappa shape index (κ1) is 16.8. The van der Waals surface area contributed by atoms with E-state index in [0.717, 1.165) is 0 Å². The number of amides is 2. The van der Waals surface area contributed by atoms with Gasteiger partial charge < -0.3 is 20.1 Å². The third-order valence-electron chi connectivity index (χ3n) is 4.32. The lowest BCUT2D eigenvalue weighted by Crippen LogP contribution is -2.32. The van der Waals surface area contributed by atoms with Crippen molar-refractivity contribution in [1.29, 1.82) is 0 Å². The number of aromatic hydroxyl groups is 1. The summed E-state index contributed by atoms with van der Waals surface area (Å²) in [5, 5.41) is 12.5. The number of rotatable bonds is 5. The fourth-order valence-corrected chi connectivity index (χ4v) is 2.96. The molecule has 1 saturated heterocycles. The number of hydrogen-bond donors (Lipinski definition) is 2. The van der Waals surface area contributed by atoms with Crippen molar-refractivity contribution in [2.24, 2.45) is 5.92 Å². The molecule has 6 nitrogen and oxygen atoms in total. The van der Waals surface area contributed by atoms with Crippen molar-refractivity contribution < 1.29 is 19.4 Å². The van der Waals surface area contributed by atoms with Gasteiger partial charge in [-0.05, 0) is 18.2 Å². The van der Waals surface area contributed by atoms with Crippen LogP contribution in [0.2, 0.25) is 0 Å². The number of methoxy groups -OCH3 is 1. The number of para-hydroxylation sites is 3. The van der Waals surface area contributed by atoms with Gasteiger partial charge in [-0.25, -0.2) is 0 Å². The second-order valence-corrected chi connectivity index (χ2v) is 5.92. The van der Waals surface area contributed by atoms with Crippen LogP contribution >= 0.6 is 0 Å². The van der Waals surface area contributed by atoms with E-state index in [1.807, 2.05) is 12.1 Å². The number of phenolic OH excluding ortho intramolecular Hbond substituents is 1. The number of hydrogen-bond acceptors (Lipinski definition) is 4. The number of ether oxygens (including phenoxy) is 1. The lowest BCUT2D eigenvalue weighted by Gasteiger charge is -2.19. The van der Waals surface area contributed by atoms with Gasteiger partial charge in [-0.15, -0.1) is 0 Å². The molecule has 1 fully saturated rings. The van der Waals surface area contributed by atoms with Gasteiger partial charge in [0.2, 0.25) is 11.8 Å². The van der Waals surface area contributed by atoms with E-state index in [2.05, 4.69) is 5.32 Å². The quantitative estimate of drug-likeness (QED) is 0.873. The molecule has 2 N–H and O–H groups in total. The van der Waals surface area contributed by atoms with E-state index in [0.29, 0.717) is 23.5 Å². The highest BCUT2D eigenvalue weighted by Gasteiger charge is 2.36. The van der Waals surface area contributed by atoms with Crippen LogP contribution in [0.15, 0.2) is 48.5 Å². The fourth-order valence-electron chi connectivity index (χ4n) is 2.96. The number of anilines is 1. The smallest absolute Gasteiger partial charge is 0.227 e. The molecule has 1 unspecified atom stereocenters. The summed E-state index contributed by atoms with van der Waals surface area (Å²) in [5.74, 6) is 0.0107. The van der Waals surface area contributed by atoms with Crippen molar-refractivity contribution >= 4 is 17.5 Å². The molecule has 0 spiro atoms. The molecule has 1 aliphatic heterocycles. The molecule has 0 radical (unpaired) electrons. The number of nitrogens with zero attached hydrogens (tertiary/aromatic N) is 1. The van der Waals surface area contributed by atoms with Crippen LogP contribution in [-0.2, 0) is 16.1 Å². The second kappa shape index (κ2) is 7.25. The van der Waals surface area contributed by atoms with Gasteiger partial charge in [0.1, 0.15) is 11.5 Å². The molecule has 2 amide bonds. The molecule has 25 heavy (non-hydrogen) atoms. The van der Waals surface area contributed by atoms with Crippen LogP contribution in [0.3, 0.4) is 0 Å². The van der Waals surface area contributed by atoms with Crippen LogP contribution in [0.1, 0.15) is 12.0 Å². The van der Waals surface area contributed by atoms with Crippen LogP contribution in [0.5, 0.6) is 11.5 Å². The standard InChI is InChI=1S/C19H20N2O4/c1-25-17-9-5-3-7-15(17)21-12-14(10-18(21)23)19(24)20-11-13-6-2-4-8-16(13)22/h2-9,14,22H,10-12H2,1H3,(H,20,24). The van der Waals surface area contributed by atoms with E-state index in [9.17, 15) is 14.7 Å². The van der Waals surface area contributed by atoms with Crippen molar-refractivity contribution in [3.8, 4) is 11.5 Å². The Hall–Kier alpha value is -3.02. The summed E-state index contributed by atoms with van der Waals surface area (Å²) >= 11 is 0. The lowest BCUT2D eigenvalue weighted by molar-refractivity contribution is -0.126. The number of carbonyl (C=O) groups excluding carboxylic acids is 2. The number of carbonyl (C=O) groups is 2. The molecule has 130 valence electrons. The Morgan fingerprint density at radius 2 is 1.96 bits per heavy atom. The van der Waals surface area contributed by atoms with Crippen molar-refractivity contribution in [2.75, 3.05) is 18.6 Å². The molecule has 0 aromatic heterocycles. The average molecular weight is 340 g/mol.